The van der Waals surface area contributed by atoms with Gasteiger partial charge in [0.2, 0.25) is 0 Å². The van der Waals surface area contributed by atoms with Gasteiger partial charge in [0.1, 0.15) is 5.82 Å². The number of nitrogens with two attached hydrogens (primary N) is 1. The van der Waals surface area contributed by atoms with Crippen LogP contribution in [0.15, 0.2) is 18.2 Å². The van der Waals surface area contributed by atoms with Crippen LogP contribution in [-0.4, -0.2) is 9.78 Å². The van der Waals surface area contributed by atoms with Gasteiger partial charge >= 0.3 is 0 Å². The van der Waals surface area contributed by atoms with Crippen molar-refractivity contribution in [3.63, 3.8) is 0 Å². The topological polar surface area (TPSA) is 43.8 Å². The smallest absolute Gasteiger partial charge is 0.129 e. The van der Waals surface area contributed by atoms with E-state index in [1.807, 2.05) is 7.05 Å². The summed E-state index contributed by atoms with van der Waals surface area (Å²) >= 11 is 0. The molecule has 1 aliphatic rings. The van der Waals surface area contributed by atoms with Gasteiger partial charge in [-0.05, 0) is 43.4 Å². The molecule has 1 saturated carbocycles. The van der Waals surface area contributed by atoms with Crippen molar-refractivity contribution in [3.05, 3.63) is 35.0 Å². The van der Waals surface area contributed by atoms with Crippen molar-refractivity contribution in [1.29, 1.82) is 0 Å². The van der Waals surface area contributed by atoms with Crippen LogP contribution in [0.4, 0.5) is 5.82 Å². The molecule has 2 N–H and O–H groups in total. The monoisotopic (exact) mass is 241 g/mol. The quantitative estimate of drug-likeness (QED) is 0.877. The van der Waals surface area contributed by atoms with Crippen LogP contribution < -0.4 is 5.73 Å². The first kappa shape index (κ1) is 11.3. The zero-order valence-corrected chi connectivity index (χ0v) is 11.2. The van der Waals surface area contributed by atoms with Crippen LogP contribution in [-0.2, 0) is 7.05 Å². The molecule has 0 bridgehead atoms. The molecule has 0 unspecified atom stereocenters. The fourth-order valence-corrected chi connectivity index (χ4v) is 2.39. The number of nitrogen functional groups attached to an aromatic ring is 1. The predicted molar refractivity (Wildman–Crippen MR) is 74.5 cm³/mol. The molecule has 3 heteroatoms. The van der Waals surface area contributed by atoms with Gasteiger partial charge in [-0.1, -0.05) is 18.2 Å². The Bertz CT molecular complexity index is 606. The number of hydrogen-bond donors (Lipinski definition) is 1. The van der Waals surface area contributed by atoms with E-state index in [0.29, 0.717) is 5.92 Å². The molecule has 0 atom stereocenters. The molecule has 3 rings (SSSR count). The molecule has 1 aromatic heterocycles. The van der Waals surface area contributed by atoms with Gasteiger partial charge in [-0.2, -0.15) is 5.10 Å². The van der Waals surface area contributed by atoms with E-state index in [-0.39, 0.29) is 0 Å². The Balaban J connectivity index is 2.17. The molecular weight excluding hydrogens is 222 g/mol. The van der Waals surface area contributed by atoms with Crippen molar-refractivity contribution in [3.8, 4) is 11.1 Å². The van der Waals surface area contributed by atoms with Crippen molar-refractivity contribution >= 4 is 5.82 Å². The lowest BCUT2D eigenvalue weighted by Crippen LogP contribution is -1.98. The van der Waals surface area contributed by atoms with E-state index < -0.39 is 0 Å². The third kappa shape index (κ3) is 1.70. The SMILES string of the molecule is Cc1ccc(-c2c(C3CC3)nn(C)c2N)cc1C. The molecule has 0 saturated heterocycles. The van der Waals surface area contributed by atoms with Gasteiger partial charge in [0, 0.05) is 18.5 Å². The molecule has 1 aliphatic carbocycles. The summed E-state index contributed by atoms with van der Waals surface area (Å²) in [7, 11) is 1.92. The van der Waals surface area contributed by atoms with Crippen molar-refractivity contribution in [1.82, 2.24) is 9.78 Å². The summed E-state index contributed by atoms with van der Waals surface area (Å²) in [6.07, 6.45) is 2.49. The predicted octanol–water partition coefficient (Wildman–Crippen LogP) is 3.16. The van der Waals surface area contributed by atoms with Gasteiger partial charge in [0.15, 0.2) is 0 Å². The maximum Gasteiger partial charge on any atom is 0.129 e. The van der Waals surface area contributed by atoms with E-state index in [1.165, 1.54) is 35.2 Å². The van der Waals surface area contributed by atoms with Gasteiger partial charge in [0.05, 0.1) is 5.69 Å². The highest BCUT2D eigenvalue weighted by molar-refractivity contribution is 5.78. The minimum atomic E-state index is 0.616. The highest BCUT2D eigenvalue weighted by Crippen LogP contribution is 2.45. The average Bonchev–Trinajstić information content (AvgIpc) is 3.12. The Morgan fingerprint density at radius 1 is 1.22 bits per heavy atom. The molecule has 0 amide bonds. The average molecular weight is 241 g/mol. The zero-order valence-electron chi connectivity index (χ0n) is 11.2. The van der Waals surface area contributed by atoms with Gasteiger partial charge in [-0.15, -0.1) is 0 Å². The molecule has 2 aromatic rings. The molecule has 94 valence electrons. The number of hydrogen-bond acceptors (Lipinski definition) is 2. The van der Waals surface area contributed by atoms with Crippen LogP contribution in [0.1, 0.15) is 35.6 Å². The second kappa shape index (κ2) is 3.87. The van der Waals surface area contributed by atoms with Gasteiger partial charge in [-0.3, -0.25) is 4.68 Å². The molecular formula is C15H19N3. The fourth-order valence-electron chi connectivity index (χ4n) is 2.39. The third-order valence-corrected chi connectivity index (χ3v) is 3.88. The zero-order chi connectivity index (χ0) is 12.9. The molecule has 3 nitrogen and oxygen atoms in total. The Morgan fingerprint density at radius 2 is 1.94 bits per heavy atom. The van der Waals surface area contributed by atoms with E-state index in [4.69, 9.17) is 5.73 Å². The number of benzene rings is 1. The molecule has 1 aromatic carbocycles. The van der Waals surface area contributed by atoms with Crippen LogP contribution in [0.5, 0.6) is 0 Å². The van der Waals surface area contributed by atoms with Crippen LogP contribution >= 0.6 is 0 Å². The molecule has 1 heterocycles. The molecule has 0 spiro atoms. The van der Waals surface area contributed by atoms with Crippen LogP contribution in [0.3, 0.4) is 0 Å². The molecule has 0 radical (unpaired) electrons. The lowest BCUT2D eigenvalue weighted by Gasteiger charge is -2.06. The Labute approximate surface area is 108 Å². The summed E-state index contributed by atoms with van der Waals surface area (Å²) in [5.74, 6) is 1.39. The van der Waals surface area contributed by atoms with Crippen molar-refractivity contribution in [2.24, 2.45) is 7.05 Å². The van der Waals surface area contributed by atoms with Crippen LogP contribution in [0.2, 0.25) is 0 Å². The summed E-state index contributed by atoms with van der Waals surface area (Å²) in [6.45, 7) is 4.27. The number of aromatic nitrogens is 2. The molecule has 18 heavy (non-hydrogen) atoms. The molecule has 0 aliphatic heterocycles. The second-order valence-corrected chi connectivity index (χ2v) is 5.34. The first-order valence-electron chi connectivity index (χ1n) is 6.48. The summed E-state index contributed by atoms with van der Waals surface area (Å²) < 4.78 is 1.80. The van der Waals surface area contributed by atoms with Gasteiger partial charge in [0.25, 0.3) is 0 Å². The van der Waals surface area contributed by atoms with Gasteiger partial charge in [-0.25, -0.2) is 0 Å². The first-order valence-corrected chi connectivity index (χ1v) is 6.48. The fraction of sp³-hybridized carbons (Fsp3) is 0.400. The second-order valence-electron chi connectivity index (χ2n) is 5.34. The summed E-state index contributed by atoms with van der Waals surface area (Å²) in [4.78, 5) is 0. The van der Waals surface area contributed by atoms with E-state index in [9.17, 15) is 0 Å². The third-order valence-electron chi connectivity index (χ3n) is 3.88. The first-order chi connectivity index (χ1) is 8.58. The summed E-state index contributed by atoms with van der Waals surface area (Å²) in [6, 6.07) is 6.53. The lowest BCUT2D eigenvalue weighted by atomic mass is 9.99. The summed E-state index contributed by atoms with van der Waals surface area (Å²) in [5.41, 5.74) is 12.3. The van der Waals surface area contributed by atoms with Gasteiger partial charge < -0.3 is 5.73 Å². The maximum atomic E-state index is 6.19. The standard InChI is InChI=1S/C15H19N3/c1-9-4-5-12(8-10(9)2)13-14(11-6-7-11)17-18(3)15(13)16/h4-5,8,11H,6-7,16H2,1-3H3. The van der Waals surface area contributed by atoms with Crippen molar-refractivity contribution in [2.75, 3.05) is 5.73 Å². The minimum Gasteiger partial charge on any atom is -0.383 e. The highest BCUT2D eigenvalue weighted by Gasteiger charge is 2.31. The highest BCUT2D eigenvalue weighted by atomic mass is 15.3. The van der Waals surface area contributed by atoms with Crippen LogP contribution in [0, 0.1) is 13.8 Å². The normalized spacial score (nSPS) is 15.1. The number of anilines is 1. The Morgan fingerprint density at radius 3 is 2.56 bits per heavy atom. The minimum absolute atomic E-state index is 0.616. The molecule has 1 fully saturated rings. The Kier molecular flexibility index (Phi) is 2.44. The van der Waals surface area contributed by atoms with E-state index in [1.54, 1.807) is 4.68 Å². The number of aryl methyl sites for hydroxylation is 3. The van der Waals surface area contributed by atoms with E-state index in [2.05, 4.69) is 37.1 Å². The Hall–Kier alpha value is -1.77. The van der Waals surface area contributed by atoms with Crippen molar-refractivity contribution < 1.29 is 0 Å². The maximum absolute atomic E-state index is 6.19. The van der Waals surface area contributed by atoms with E-state index in [0.717, 1.165) is 11.4 Å². The summed E-state index contributed by atoms with van der Waals surface area (Å²) in [5, 5.41) is 4.59. The lowest BCUT2D eigenvalue weighted by molar-refractivity contribution is 0.753. The van der Waals surface area contributed by atoms with Crippen LogP contribution in [0.25, 0.3) is 11.1 Å². The largest absolute Gasteiger partial charge is 0.383 e. The number of nitrogens with zero attached hydrogens (tertiary/aromatic N) is 2. The van der Waals surface area contributed by atoms with E-state index >= 15 is 0 Å². The number of rotatable bonds is 2. The van der Waals surface area contributed by atoms with Crippen molar-refractivity contribution in [2.45, 2.75) is 32.6 Å².